The van der Waals surface area contributed by atoms with Gasteiger partial charge in [0.15, 0.2) is 0 Å². The molecule has 0 aromatic carbocycles. The van der Waals surface area contributed by atoms with E-state index in [1.54, 1.807) is 11.3 Å². The predicted molar refractivity (Wildman–Crippen MR) is 74.7 cm³/mol. The Morgan fingerprint density at radius 3 is 3.00 bits per heavy atom. The maximum absolute atomic E-state index is 4.74. The number of hydrogen-bond donors (Lipinski definition) is 1. The molecule has 1 N–H and O–H groups in total. The molecule has 4 heteroatoms. The molecule has 1 aliphatic rings. The van der Waals surface area contributed by atoms with Crippen LogP contribution in [0.5, 0.6) is 0 Å². The Labute approximate surface area is 111 Å². The minimum Gasteiger partial charge on any atom is -0.307 e. The molecule has 1 atom stereocenters. The Kier molecular flexibility index (Phi) is 3.39. The first-order valence-electron chi connectivity index (χ1n) is 6.46. The fourth-order valence-corrected chi connectivity index (χ4v) is 3.06. The molecular weight excluding hydrogens is 242 g/mol. The van der Waals surface area contributed by atoms with E-state index in [9.17, 15) is 0 Å². The Bertz CT molecular complexity index is 516. The smallest absolute Gasteiger partial charge is 0.146 e. The minimum atomic E-state index is 0.331. The Morgan fingerprint density at radius 1 is 1.33 bits per heavy atom. The van der Waals surface area contributed by atoms with E-state index in [1.165, 1.54) is 17.7 Å². The Hall–Kier alpha value is -1.26. The third-order valence-corrected chi connectivity index (χ3v) is 4.16. The molecule has 0 saturated carbocycles. The molecule has 0 aliphatic carbocycles. The third-order valence-electron chi connectivity index (χ3n) is 3.27. The standard InChI is InChI=1S/C14H17N3S/c1-10-9-12(13-6-4-8-18-13)17-14(16-10)11-5-2-3-7-15-11/h4,6,8-9,11,15H,2-3,5,7H2,1H3. The lowest BCUT2D eigenvalue weighted by Gasteiger charge is -2.22. The molecule has 2 aromatic rings. The number of aryl methyl sites for hydroxylation is 1. The summed E-state index contributed by atoms with van der Waals surface area (Å²) < 4.78 is 0. The highest BCUT2D eigenvalue weighted by Crippen LogP contribution is 2.26. The summed E-state index contributed by atoms with van der Waals surface area (Å²) in [7, 11) is 0. The van der Waals surface area contributed by atoms with Crippen LogP contribution >= 0.6 is 11.3 Å². The van der Waals surface area contributed by atoms with Crippen molar-refractivity contribution in [3.63, 3.8) is 0 Å². The maximum atomic E-state index is 4.74. The van der Waals surface area contributed by atoms with Gasteiger partial charge in [-0.1, -0.05) is 12.5 Å². The summed E-state index contributed by atoms with van der Waals surface area (Å²) in [6.07, 6.45) is 3.68. The van der Waals surface area contributed by atoms with E-state index in [4.69, 9.17) is 4.98 Å². The van der Waals surface area contributed by atoms with Gasteiger partial charge in [0, 0.05) is 5.69 Å². The average Bonchev–Trinajstić information content (AvgIpc) is 2.93. The minimum absolute atomic E-state index is 0.331. The number of hydrogen-bond acceptors (Lipinski definition) is 4. The quantitative estimate of drug-likeness (QED) is 0.899. The number of rotatable bonds is 2. The zero-order chi connectivity index (χ0) is 12.4. The molecule has 1 saturated heterocycles. The first-order valence-corrected chi connectivity index (χ1v) is 7.34. The van der Waals surface area contributed by atoms with Crippen molar-refractivity contribution in [1.82, 2.24) is 15.3 Å². The van der Waals surface area contributed by atoms with Crippen molar-refractivity contribution in [2.45, 2.75) is 32.2 Å². The molecule has 1 fully saturated rings. The molecule has 0 radical (unpaired) electrons. The molecular formula is C14H17N3S. The molecule has 2 aromatic heterocycles. The topological polar surface area (TPSA) is 37.8 Å². The van der Waals surface area contributed by atoms with Crippen LogP contribution in [0.3, 0.4) is 0 Å². The number of nitrogens with one attached hydrogen (secondary N) is 1. The number of nitrogens with zero attached hydrogens (tertiary/aromatic N) is 2. The number of piperidine rings is 1. The summed E-state index contributed by atoms with van der Waals surface area (Å²) in [6, 6.07) is 6.58. The average molecular weight is 259 g/mol. The van der Waals surface area contributed by atoms with E-state index >= 15 is 0 Å². The largest absolute Gasteiger partial charge is 0.307 e. The summed E-state index contributed by atoms with van der Waals surface area (Å²) >= 11 is 1.73. The van der Waals surface area contributed by atoms with Crippen LogP contribution in [0, 0.1) is 6.92 Å². The van der Waals surface area contributed by atoms with Gasteiger partial charge in [-0.3, -0.25) is 0 Å². The fraction of sp³-hybridized carbons (Fsp3) is 0.429. The van der Waals surface area contributed by atoms with Gasteiger partial charge in [-0.25, -0.2) is 9.97 Å². The van der Waals surface area contributed by atoms with Crippen molar-refractivity contribution >= 4 is 11.3 Å². The summed E-state index contributed by atoms with van der Waals surface area (Å²) in [5.41, 5.74) is 2.11. The van der Waals surface area contributed by atoms with Crippen LogP contribution in [-0.4, -0.2) is 16.5 Å². The predicted octanol–water partition coefficient (Wildman–Crippen LogP) is 3.33. The van der Waals surface area contributed by atoms with Crippen molar-refractivity contribution in [1.29, 1.82) is 0 Å². The monoisotopic (exact) mass is 259 g/mol. The lowest BCUT2D eigenvalue weighted by molar-refractivity contribution is 0.397. The van der Waals surface area contributed by atoms with E-state index in [1.807, 2.05) is 6.92 Å². The number of thiophene rings is 1. The van der Waals surface area contributed by atoms with Gasteiger partial charge in [0.1, 0.15) is 5.82 Å². The van der Waals surface area contributed by atoms with Gasteiger partial charge in [0.2, 0.25) is 0 Å². The van der Waals surface area contributed by atoms with Crippen molar-refractivity contribution < 1.29 is 0 Å². The van der Waals surface area contributed by atoms with E-state index in [2.05, 4.69) is 33.9 Å². The second-order valence-corrected chi connectivity index (χ2v) is 5.68. The summed E-state index contributed by atoms with van der Waals surface area (Å²) in [5.74, 6) is 0.957. The highest BCUT2D eigenvalue weighted by atomic mass is 32.1. The summed E-state index contributed by atoms with van der Waals surface area (Å²) in [6.45, 7) is 3.13. The summed E-state index contributed by atoms with van der Waals surface area (Å²) in [5, 5.41) is 5.60. The third kappa shape index (κ3) is 2.44. The van der Waals surface area contributed by atoms with Gasteiger partial charge >= 0.3 is 0 Å². The second kappa shape index (κ2) is 5.16. The first kappa shape index (κ1) is 11.8. The molecule has 3 nitrogen and oxygen atoms in total. The molecule has 94 valence electrons. The Morgan fingerprint density at radius 2 is 2.28 bits per heavy atom. The SMILES string of the molecule is Cc1cc(-c2cccs2)nc(C2CCCCN2)n1. The highest BCUT2D eigenvalue weighted by Gasteiger charge is 2.18. The first-order chi connectivity index (χ1) is 8.83. The van der Waals surface area contributed by atoms with Crippen LogP contribution in [0.4, 0.5) is 0 Å². The van der Waals surface area contributed by atoms with Crippen LogP contribution in [0.1, 0.15) is 36.8 Å². The number of aromatic nitrogens is 2. The Balaban J connectivity index is 1.95. The molecule has 0 amide bonds. The van der Waals surface area contributed by atoms with Gasteiger partial charge < -0.3 is 5.32 Å². The van der Waals surface area contributed by atoms with Gasteiger partial charge in [0.05, 0.1) is 16.6 Å². The van der Waals surface area contributed by atoms with Gasteiger partial charge in [-0.15, -0.1) is 11.3 Å². The second-order valence-electron chi connectivity index (χ2n) is 4.73. The van der Waals surface area contributed by atoms with E-state index < -0.39 is 0 Å². The molecule has 3 heterocycles. The van der Waals surface area contributed by atoms with Gasteiger partial charge in [-0.2, -0.15) is 0 Å². The van der Waals surface area contributed by atoms with Crippen molar-refractivity contribution in [2.24, 2.45) is 0 Å². The lowest BCUT2D eigenvalue weighted by Crippen LogP contribution is -2.28. The van der Waals surface area contributed by atoms with Crippen LogP contribution in [-0.2, 0) is 0 Å². The molecule has 0 spiro atoms. The van der Waals surface area contributed by atoms with Crippen LogP contribution in [0.25, 0.3) is 10.6 Å². The zero-order valence-corrected chi connectivity index (χ0v) is 11.3. The normalized spacial score (nSPS) is 19.9. The molecule has 1 unspecified atom stereocenters. The van der Waals surface area contributed by atoms with Gasteiger partial charge in [0.25, 0.3) is 0 Å². The highest BCUT2D eigenvalue weighted by molar-refractivity contribution is 7.13. The van der Waals surface area contributed by atoms with Crippen molar-refractivity contribution in [2.75, 3.05) is 6.54 Å². The molecule has 18 heavy (non-hydrogen) atoms. The molecule has 0 bridgehead atoms. The van der Waals surface area contributed by atoms with Crippen molar-refractivity contribution in [3.05, 3.63) is 35.1 Å². The lowest BCUT2D eigenvalue weighted by atomic mass is 10.0. The van der Waals surface area contributed by atoms with Crippen molar-refractivity contribution in [3.8, 4) is 10.6 Å². The fourth-order valence-electron chi connectivity index (χ4n) is 2.37. The summed E-state index contributed by atoms with van der Waals surface area (Å²) in [4.78, 5) is 10.6. The van der Waals surface area contributed by atoms with E-state index in [-0.39, 0.29) is 0 Å². The van der Waals surface area contributed by atoms with Crippen LogP contribution < -0.4 is 5.32 Å². The van der Waals surface area contributed by atoms with Crippen LogP contribution in [0.15, 0.2) is 23.6 Å². The van der Waals surface area contributed by atoms with E-state index in [0.29, 0.717) is 6.04 Å². The van der Waals surface area contributed by atoms with Gasteiger partial charge in [-0.05, 0) is 43.8 Å². The maximum Gasteiger partial charge on any atom is 0.146 e. The molecule has 3 rings (SSSR count). The van der Waals surface area contributed by atoms with E-state index in [0.717, 1.165) is 30.2 Å². The molecule has 1 aliphatic heterocycles. The van der Waals surface area contributed by atoms with Crippen LogP contribution in [0.2, 0.25) is 0 Å². The zero-order valence-electron chi connectivity index (χ0n) is 10.5.